The highest BCUT2D eigenvalue weighted by Crippen LogP contribution is 2.31. The van der Waals surface area contributed by atoms with Crippen molar-refractivity contribution >= 4 is 17.3 Å². The average Bonchev–Trinajstić information content (AvgIpc) is 2.89. The highest BCUT2D eigenvalue weighted by Gasteiger charge is 2.25. The first kappa shape index (κ1) is 15.6. The first-order valence-electron chi connectivity index (χ1n) is 8.40. The van der Waals surface area contributed by atoms with E-state index in [-0.39, 0.29) is 5.91 Å². The summed E-state index contributed by atoms with van der Waals surface area (Å²) in [4.78, 5) is 14.5. The van der Waals surface area contributed by atoms with E-state index in [0.29, 0.717) is 12.5 Å². The van der Waals surface area contributed by atoms with Gasteiger partial charge in [0.15, 0.2) is 0 Å². The number of amides is 1. The van der Waals surface area contributed by atoms with Gasteiger partial charge in [-0.2, -0.15) is 0 Å². The molecule has 23 heavy (non-hydrogen) atoms. The van der Waals surface area contributed by atoms with Crippen LogP contribution >= 0.6 is 0 Å². The number of aryl methyl sites for hydroxylation is 1. The fraction of sp³-hybridized carbons (Fsp3) is 0.350. The van der Waals surface area contributed by atoms with Crippen LogP contribution in [-0.4, -0.2) is 18.5 Å². The van der Waals surface area contributed by atoms with Crippen LogP contribution in [0.1, 0.15) is 31.4 Å². The minimum Gasteiger partial charge on any atom is -0.368 e. The van der Waals surface area contributed by atoms with Crippen LogP contribution in [0, 0.1) is 0 Å². The zero-order valence-electron chi connectivity index (χ0n) is 13.9. The molecule has 2 aromatic rings. The van der Waals surface area contributed by atoms with E-state index in [1.165, 1.54) is 16.8 Å². The molecule has 1 aliphatic heterocycles. The highest BCUT2D eigenvalue weighted by atomic mass is 16.1. The molecule has 1 aliphatic rings. The summed E-state index contributed by atoms with van der Waals surface area (Å²) in [5.41, 5.74) is 4.82. The Balaban J connectivity index is 1.56. The first-order valence-corrected chi connectivity index (χ1v) is 8.40. The SMILES string of the molecule is CCc1ccc(NC(=O)CCN2c3ccccc3CC2C)cc1. The summed E-state index contributed by atoms with van der Waals surface area (Å²) in [6, 6.07) is 17.0. The topological polar surface area (TPSA) is 32.3 Å². The van der Waals surface area contributed by atoms with E-state index < -0.39 is 0 Å². The van der Waals surface area contributed by atoms with Gasteiger partial charge >= 0.3 is 0 Å². The maximum atomic E-state index is 12.2. The Morgan fingerprint density at radius 1 is 1.17 bits per heavy atom. The second-order valence-electron chi connectivity index (χ2n) is 6.22. The summed E-state index contributed by atoms with van der Waals surface area (Å²) < 4.78 is 0. The molecule has 1 unspecified atom stereocenters. The van der Waals surface area contributed by atoms with Crippen LogP contribution in [0.5, 0.6) is 0 Å². The van der Waals surface area contributed by atoms with E-state index in [1.807, 2.05) is 12.1 Å². The van der Waals surface area contributed by atoms with E-state index in [1.54, 1.807) is 0 Å². The Labute approximate surface area is 138 Å². The molecule has 2 aromatic carbocycles. The lowest BCUT2D eigenvalue weighted by Gasteiger charge is -2.24. The molecule has 0 spiro atoms. The summed E-state index contributed by atoms with van der Waals surface area (Å²) in [6.07, 6.45) is 2.59. The van der Waals surface area contributed by atoms with Gasteiger partial charge in [-0.1, -0.05) is 37.3 Å². The van der Waals surface area contributed by atoms with Crippen molar-refractivity contribution in [2.45, 2.75) is 39.2 Å². The summed E-state index contributed by atoms with van der Waals surface area (Å²) in [5, 5.41) is 2.99. The maximum Gasteiger partial charge on any atom is 0.226 e. The van der Waals surface area contributed by atoms with Gasteiger partial charge in [0.25, 0.3) is 0 Å². The van der Waals surface area contributed by atoms with Crippen LogP contribution in [0.3, 0.4) is 0 Å². The second-order valence-corrected chi connectivity index (χ2v) is 6.22. The number of hydrogen-bond donors (Lipinski definition) is 1. The standard InChI is InChI=1S/C20H24N2O/c1-3-16-8-10-18(11-9-16)21-20(23)12-13-22-15(2)14-17-6-4-5-7-19(17)22/h4-11,15H,3,12-14H2,1-2H3,(H,21,23). The van der Waals surface area contributed by atoms with Crippen LogP contribution in [0.15, 0.2) is 48.5 Å². The zero-order valence-corrected chi connectivity index (χ0v) is 13.9. The lowest BCUT2D eigenvalue weighted by atomic mass is 10.1. The molecule has 0 aromatic heterocycles. The summed E-state index contributed by atoms with van der Waals surface area (Å²) in [5.74, 6) is 0.0748. The van der Waals surface area contributed by atoms with Crippen LogP contribution in [-0.2, 0) is 17.6 Å². The number of hydrogen-bond acceptors (Lipinski definition) is 2. The number of para-hydroxylation sites is 1. The number of rotatable bonds is 5. The van der Waals surface area contributed by atoms with Crippen molar-refractivity contribution in [1.82, 2.24) is 0 Å². The number of nitrogens with zero attached hydrogens (tertiary/aromatic N) is 1. The Morgan fingerprint density at radius 3 is 2.65 bits per heavy atom. The van der Waals surface area contributed by atoms with E-state index >= 15 is 0 Å². The molecule has 3 nitrogen and oxygen atoms in total. The fourth-order valence-corrected chi connectivity index (χ4v) is 3.24. The molecule has 0 bridgehead atoms. The molecule has 0 saturated carbocycles. The lowest BCUT2D eigenvalue weighted by molar-refractivity contribution is -0.116. The third-order valence-electron chi connectivity index (χ3n) is 4.57. The highest BCUT2D eigenvalue weighted by molar-refractivity contribution is 5.91. The molecule has 1 amide bonds. The van der Waals surface area contributed by atoms with Crippen molar-refractivity contribution in [3.8, 4) is 0 Å². The van der Waals surface area contributed by atoms with Crippen molar-refractivity contribution < 1.29 is 4.79 Å². The Bertz CT molecular complexity index is 678. The summed E-state index contributed by atoms with van der Waals surface area (Å²) in [6.45, 7) is 5.11. The number of anilines is 2. The van der Waals surface area contributed by atoms with Crippen LogP contribution in [0.4, 0.5) is 11.4 Å². The smallest absolute Gasteiger partial charge is 0.226 e. The molecule has 1 N–H and O–H groups in total. The largest absolute Gasteiger partial charge is 0.368 e. The van der Waals surface area contributed by atoms with Gasteiger partial charge in [0.05, 0.1) is 0 Å². The molecule has 0 saturated heterocycles. The Morgan fingerprint density at radius 2 is 1.91 bits per heavy atom. The Kier molecular flexibility index (Phi) is 4.65. The quantitative estimate of drug-likeness (QED) is 0.904. The van der Waals surface area contributed by atoms with Crippen LogP contribution < -0.4 is 10.2 Å². The molecular formula is C20H24N2O. The predicted molar refractivity (Wildman–Crippen MR) is 96.0 cm³/mol. The minimum absolute atomic E-state index is 0.0748. The lowest BCUT2D eigenvalue weighted by Crippen LogP contribution is -2.32. The van der Waals surface area contributed by atoms with E-state index in [4.69, 9.17) is 0 Å². The number of fused-ring (bicyclic) bond motifs is 1. The Hall–Kier alpha value is -2.29. The third-order valence-corrected chi connectivity index (χ3v) is 4.57. The van der Waals surface area contributed by atoms with Crippen molar-refractivity contribution in [3.05, 3.63) is 59.7 Å². The van der Waals surface area contributed by atoms with Crippen molar-refractivity contribution in [2.75, 3.05) is 16.8 Å². The van der Waals surface area contributed by atoms with E-state index in [0.717, 1.165) is 25.1 Å². The van der Waals surface area contributed by atoms with Crippen molar-refractivity contribution in [1.29, 1.82) is 0 Å². The molecule has 3 rings (SSSR count). The van der Waals surface area contributed by atoms with Gasteiger partial charge in [-0.05, 0) is 49.1 Å². The number of benzene rings is 2. The summed E-state index contributed by atoms with van der Waals surface area (Å²) >= 11 is 0. The summed E-state index contributed by atoms with van der Waals surface area (Å²) in [7, 11) is 0. The molecule has 1 heterocycles. The zero-order chi connectivity index (χ0) is 16.2. The van der Waals surface area contributed by atoms with Crippen molar-refractivity contribution in [3.63, 3.8) is 0 Å². The maximum absolute atomic E-state index is 12.2. The number of nitrogens with one attached hydrogen (secondary N) is 1. The normalized spacial score (nSPS) is 16.3. The van der Waals surface area contributed by atoms with Gasteiger partial charge < -0.3 is 10.2 Å². The van der Waals surface area contributed by atoms with E-state index in [2.05, 4.69) is 60.5 Å². The molecule has 0 aliphatic carbocycles. The molecular weight excluding hydrogens is 284 g/mol. The molecule has 3 heteroatoms. The third kappa shape index (κ3) is 3.55. The monoisotopic (exact) mass is 308 g/mol. The van der Waals surface area contributed by atoms with Gasteiger partial charge in [-0.3, -0.25) is 4.79 Å². The van der Waals surface area contributed by atoms with Gasteiger partial charge in [0.1, 0.15) is 0 Å². The van der Waals surface area contributed by atoms with Crippen LogP contribution in [0.2, 0.25) is 0 Å². The average molecular weight is 308 g/mol. The predicted octanol–water partition coefficient (Wildman–Crippen LogP) is 4.03. The van der Waals surface area contributed by atoms with Gasteiger partial charge in [0, 0.05) is 30.4 Å². The van der Waals surface area contributed by atoms with Crippen LogP contribution in [0.25, 0.3) is 0 Å². The van der Waals surface area contributed by atoms with Gasteiger partial charge in [-0.25, -0.2) is 0 Å². The second kappa shape index (κ2) is 6.86. The minimum atomic E-state index is 0.0748. The molecule has 0 radical (unpaired) electrons. The molecule has 1 atom stereocenters. The number of carbonyl (C=O) groups excluding carboxylic acids is 1. The van der Waals surface area contributed by atoms with Crippen molar-refractivity contribution in [2.24, 2.45) is 0 Å². The molecule has 0 fully saturated rings. The van der Waals surface area contributed by atoms with E-state index in [9.17, 15) is 4.79 Å². The fourth-order valence-electron chi connectivity index (χ4n) is 3.24. The number of carbonyl (C=O) groups is 1. The van der Waals surface area contributed by atoms with Gasteiger partial charge in [0.2, 0.25) is 5.91 Å². The van der Waals surface area contributed by atoms with Gasteiger partial charge in [-0.15, -0.1) is 0 Å². The first-order chi connectivity index (χ1) is 11.2. The molecule has 120 valence electrons.